The molecule has 0 aliphatic rings. The van der Waals surface area contributed by atoms with Crippen molar-refractivity contribution in [2.45, 2.75) is 54.4 Å². The summed E-state index contributed by atoms with van der Waals surface area (Å²) in [5.74, 6) is 0.702. The van der Waals surface area contributed by atoms with E-state index in [-0.39, 0.29) is 29.7 Å². The van der Waals surface area contributed by atoms with Gasteiger partial charge in [-0.2, -0.15) is 0 Å². The van der Waals surface area contributed by atoms with E-state index in [0.717, 1.165) is 6.42 Å². The molecule has 0 spiro atoms. The highest BCUT2D eigenvalue weighted by molar-refractivity contribution is 5.93. The SMILES string of the molecule is CC(C)CN(CC(=O)Nc1ccon1)C(=O)CC(C)CC(C)(C)C. The van der Waals surface area contributed by atoms with Gasteiger partial charge in [-0.05, 0) is 23.7 Å². The number of hydrogen-bond acceptors (Lipinski definition) is 4. The molecule has 0 radical (unpaired) electrons. The van der Waals surface area contributed by atoms with Gasteiger partial charge in [0.2, 0.25) is 11.8 Å². The van der Waals surface area contributed by atoms with Gasteiger partial charge in [-0.1, -0.05) is 46.7 Å². The third kappa shape index (κ3) is 8.13. The molecule has 24 heavy (non-hydrogen) atoms. The molecule has 0 bridgehead atoms. The third-order valence-electron chi connectivity index (χ3n) is 3.46. The third-order valence-corrected chi connectivity index (χ3v) is 3.46. The quantitative estimate of drug-likeness (QED) is 0.787. The molecule has 0 saturated carbocycles. The highest BCUT2D eigenvalue weighted by Gasteiger charge is 2.23. The fraction of sp³-hybridized carbons (Fsp3) is 0.722. The topological polar surface area (TPSA) is 75.4 Å². The van der Waals surface area contributed by atoms with E-state index >= 15 is 0 Å². The lowest BCUT2D eigenvalue weighted by Crippen LogP contribution is -2.41. The Morgan fingerprint density at radius 3 is 2.46 bits per heavy atom. The summed E-state index contributed by atoms with van der Waals surface area (Å²) in [6.45, 7) is 13.3. The van der Waals surface area contributed by atoms with Gasteiger partial charge in [-0.25, -0.2) is 0 Å². The number of rotatable bonds is 8. The number of carbonyl (C=O) groups is 2. The zero-order chi connectivity index (χ0) is 18.3. The molecule has 0 aromatic carbocycles. The Morgan fingerprint density at radius 1 is 1.29 bits per heavy atom. The molecule has 1 atom stereocenters. The Kier molecular flexibility index (Phi) is 7.45. The van der Waals surface area contributed by atoms with Crippen LogP contribution in [0.5, 0.6) is 0 Å². The molecular weight excluding hydrogens is 306 g/mol. The molecule has 0 aliphatic carbocycles. The van der Waals surface area contributed by atoms with E-state index < -0.39 is 0 Å². The number of nitrogens with zero attached hydrogens (tertiary/aromatic N) is 2. The summed E-state index contributed by atoms with van der Waals surface area (Å²) in [5, 5.41) is 6.28. The maximum absolute atomic E-state index is 12.6. The molecule has 6 nitrogen and oxygen atoms in total. The number of amides is 2. The molecule has 1 heterocycles. The van der Waals surface area contributed by atoms with Crippen LogP contribution in [0.4, 0.5) is 5.82 Å². The molecular formula is C18H31N3O3. The predicted molar refractivity (Wildman–Crippen MR) is 94.4 cm³/mol. The molecule has 0 fully saturated rings. The minimum atomic E-state index is -0.263. The van der Waals surface area contributed by atoms with Crippen LogP contribution in [-0.4, -0.2) is 35.0 Å². The van der Waals surface area contributed by atoms with Crippen molar-refractivity contribution in [3.63, 3.8) is 0 Å². The monoisotopic (exact) mass is 337 g/mol. The molecule has 6 heteroatoms. The summed E-state index contributed by atoms with van der Waals surface area (Å²) in [7, 11) is 0. The molecule has 1 rings (SSSR count). The fourth-order valence-corrected chi connectivity index (χ4v) is 2.87. The molecule has 136 valence electrons. The number of nitrogens with one attached hydrogen (secondary N) is 1. The van der Waals surface area contributed by atoms with Gasteiger partial charge in [0.15, 0.2) is 5.82 Å². The Hall–Kier alpha value is -1.85. The smallest absolute Gasteiger partial charge is 0.245 e. The summed E-state index contributed by atoms with van der Waals surface area (Å²) < 4.78 is 4.69. The van der Waals surface area contributed by atoms with Gasteiger partial charge in [-0.15, -0.1) is 0 Å². The second-order valence-electron chi connectivity index (χ2n) is 8.18. The lowest BCUT2D eigenvalue weighted by molar-refractivity contribution is -0.136. The normalized spacial score (nSPS) is 13.0. The Morgan fingerprint density at radius 2 is 1.96 bits per heavy atom. The van der Waals surface area contributed by atoms with Crippen molar-refractivity contribution in [3.8, 4) is 0 Å². The summed E-state index contributed by atoms with van der Waals surface area (Å²) in [6.07, 6.45) is 2.82. The van der Waals surface area contributed by atoms with Crippen molar-refractivity contribution in [3.05, 3.63) is 12.3 Å². The zero-order valence-corrected chi connectivity index (χ0v) is 15.8. The van der Waals surface area contributed by atoms with E-state index in [1.165, 1.54) is 6.26 Å². The van der Waals surface area contributed by atoms with E-state index in [1.807, 2.05) is 13.8 Å². The van der Waals surface area contributed by atoms with Crippen molar-refractivity contribution in [2.24, 2.45) is 17.3 Å². The lowest BCUT2D eigenvalue weighted by atomic mass is 9.84. The highest BCUT2D eigenvalue weighted by Crippen LogP contribution is 2.26. The van der Waals surface area contributed by atoms with E-state index in [1.54, 1.807) is 11.0 Å². The summed E-state index contributed by atoms with van der Waals surface area (Å²) >= 11 is 0. The maximum Gasteiger partial charge on any atom is 0.245 e. The van der Waals surface area contributed by atoms with Gasteiger partial charge in [0.1, 0.15) is 6.26 Å². The molecule has 1 unspecified atom stereocenters. The first-order chi connectivity index (χ1) is 11.1. The van der Waals surface area contributed by atoms with Gasteiger partial charge >= 0.3 is 0 Å². The lowest BCUT2D eigenvalue weighted by Gasteiger charge is -2.27. The molecule has 1 aromatic rings. The standard InChI is InChI=1S/C18H31N3O3/c1-13(2)11-21(12-16(22)19-15-7-8-24-20-15)17(23)9-14(3)10-18(4,5)6/h7-8,13-14H,9-12H2,1-6H3,(H,19,20,22). The number of hydrogen-bond donors (Lipinski definition) is 1. The average Bonchev–Trinajstić information content (AvgIpc) is 2.87. The van der Waals surface area contributed by atoms with Crippen LogP contribution in [0.2, 0.25) is 0 Å². The van der Waals surface area contributed by atoms with Crippen molar-refractivity contribution in [1.29, 1.82) is 0 Å². The number of anilines is 1. The van der Waals surface area contributed by atoms with Crippen molar-refractivity contribution in [2.75, 3.05) is 18.4 Å². The van der Waals surface area contributed by atoms with Crippen LogP contribution >= 0.6 is 0 Å². The van der Waals surface area contributed by atoms with Crippen LogP contribution in [0.25, 0.3) is 0 Å². The van der Waals surface area contributed by atoms with Crippen LogP contribution in [0, 0.1) is 17.3 Å². The Balaban J connectivity index is 2.62. The molecule has 2 amide bonds. The largest absolute Gasteiger partial charge is 0.363 e. The predicted octanol–water partition coefficient (Wildman–Crippen LogP) is 3.56. The van der Waals surface area contributed by atoms with Gasteiger partial charge < -0.3 is 14.7 Å². The van der Waals surface area contributed by atoms with Crippen molar-refractivity contribution in [1.82, 2.24) is 10.1 Å². The van der Waals surface area contributed by atoms with Crippen LogP contribution in [0.3, 0.4) is 0 Å². The first-order valence-corrected chi connectivity index (χ1v) is 8.55. The first kappa shape index (κ1) is 20.2. The average molecular weight is 337 g/mol. The summed E-state index contributed by atoms with van der Waals surface area (Å²) in [5.41, 5.74) is 0.187. The van der Waals surface area contributed by atoms with Crippen LogP contribution in [0.15, 0.2) is 16.9 Å². The number of aromatic nitrogens is 1. The van der Waals surface area contributed by atoms with E-state index in [4.69, 9.17) is 0 Å². The van der Waals surface area contributed by atoms with Gasteiger partial charge in [0.05, 0.1) is 6.54 Å². The van der Waals surface area contributed by atoms with Crippen LogP contribution in [-0.2, 0) is 9.59 Å². The van der Waals surface area contributed by atoms with Crippen molar-refractivity contribution >= 4 is 17.6 Å². The molecule has 0 saturated heterocycles. The van der Waals surface area contributed by atoms with Crippen LogP contribution < -0.4 is 5.32 Å². The summed E-state index contributed by atoms with van der Waals surface area (Å²) in [6, 6.07) is 1.57. The fourth-order valence-electron chi connectivity index (χ4n) is 2.87. The van der Waals surface area contributed by atoms with Gasteiger partial charge in [0, 0.05) is 19.0 Å². The second-order valence-corrected chi connectivity index (χ2v) is 8.18. The Labute approximate surface area is 145 Å². The minimum Gasteiger partial charge on any atom is -0.363 e. The van der Waals surface area contributed by atoms with E-state index in [9.17, 15) is 9.59 Å². The maximum atomic E-state index is 12.6. The summed E-state index contributed by atoms with van der Waals surface area (Å²) in [4.78, 5) is 26.4. The van der Waals surface area contributed by atoms with Crippen molar-refractivity contribution < 1.29 is 14.1 Å². The second kappa shape index (κ2) is 8.85. The first-order valence-electron chi connectivity index (χ1n) is 8.55. The highest BCUT2D eigenvalue weighted by atomic mass is 16.5. The van der Waals surface area contributed by atoms with Crippen LogP contribution in [0.1, 0.15) is 54.4 Å². The Bertz CT molecular complexity index is 518. The minimum absolute atomic E-state index is 0.0238. The molecule has 1 aromatic heterocycles. The van der Waals surface area contributed by atoms with Gasteiger partial charge in [-0.3, -0.25) is 9.59 Å². The van der Waals surface area contributed by atoms with E-state index in [0.29, 0.717) is 24.7 Å². The molecule has 1 N–H and O–H groups in total. The number of carbonyl (C=O) groups excluding carboxylic acids is 2. The molecule has 0 aliphatic heterocycles. The van der Waals surface area contributed by atoms with E-state index in [2.05, 4.69) is 42.7 Å². The zero-order valence-electron chi connectivity index (χ0n) is 15.8. The van der Waals surface area contributed by atoms with Gasteiger partial charge in [0.25, 0.3) is 0 Å².